The topological polar surface area (TPSA) is 102 Å². The molecule has 1 saturated heterocycles. The third-order valence-electron chi connectivity index (χ3n) is 3.95. The van der Waals surface area contributed by atoms with Gasteiger partial charge in [-0.1, -0.05) is 36.4 Å². The fraction of sp³-hybridized carbons (Fsp3) is 0.263. The number of aliphatic hydroxyl groups is 2. The lowest BCUT2D eigenvalue weighted by atomic mass is 10.1. The lowest BCUT2D eigenvalue weighted by Gasteiger charge is -2.20. The summed E-state index contributed by atoms with van der Waals surface area (Å²) in [6, 6.07) is 16.6. The van der Waals surface area contributed by atoms with Gasteiger partial charge in [-0.2, -0.15) is 0 Å². The number of carbonyl (C=O) groups is 2. The monoisotopic (exact) mass is 358 g/mol. The summed E-state index contributed by atoms with van der Waals surface area (Å²) < 4.78 is 15.6. The van der Waals surface area contributed by atoms with Crippen LogP contribution in [0, 0.1) is 0 Å². The summed E-state index contributed by atoms with van der Waals surface area (Å²) in [6.45, 7) is -0.283. The standard InChI is InChI=1S/C19H18O7/c20-15-16(26-18(22)13-9-5-2-6-10-13)14(25-19(15)23)11-24-17(21)12-7-3-1-4-8-12/h1-10,14-16,19-20,23H,11H2/t14-,15?,16?,19+/m1/s1. The summed E-state index contributed by atoms with van der Waals surface area (Å²) in [7, 11) is 0. The van der Waals surface area contributed by atoms with E-state index in [-0.39, 0.29) is 6.61 Å². The summed E-state index contributed by atoms with van der Waals surface area (Å²) in [5, 5.41) is 19.7. The van der Waals surface area contributed by atoms with Gasteiger partial charge in [0.05, 0.1) is 11.1 Å². The van der Waals surface area contributed by atoms with E-state index in [4.69, 9.17) is 14.2 Å². The molecule has 0 spiro atoms. The number of carbonyl (C=O) groups excluding carboxylic acids is 2. The number of esters is 2. The molecule has 3 rings (SSSR count). The molecule has 7 nitrogen and oxygen atoms in total. The molecule has 0 aromatic heterocycles. The molecule has 1 heterocycles. The van der Waals surface area contributed by atoms with Crippen LogP contribution in [0.4, 0.5) is 0 Å². The second-order valence-electron chi connectivity index (χ2n) is 5.76. The number of rotatable bonds is 5. The van der Waals surface area contributed by atoms with E-state index in [0.717, 1.165) is 0 Å². The Morgan fingerprint density at radius 3 is 2.00 bits per heavy atom. The zero-order chi connectivity index (χ0) is 18.5. The summed E-state index contributed by atoms with van der Waals surface area (Å²) >= 11 is 0. The highest BCUT2D eigenvalue weighted by Gasteiger charge is 2.46. The molecule has 0 aliphatic carbocycles. The molecule has 1 aliphatic rings. The smallest absolute Gasteiger partial charge is 0.338 e. The highest BCUT2D eigenvalue weighted by molar-refractivity contribution is 5.90. The molecule has 0 saturated carbocycles. The van der Waals surface area contributed by atoms with E-state index in [2.05, 4.69) is 0 Å². The number of benzene rings is 2. The van der Waals surface area contributed by atoms with E-state index in [0.29, 0.717) is 11.1 Å². The van der Waals surface area contributed by atoms with Crippen LogP contribution in [0.5, 0.6) is 0 Å². The normalized spacial score (nSPS) is 24.8. The fourth-order valence-electron chi connectivity index (χ4n) is 2.58. The van der Waals surface area contributed by atoms with Gasteiger partial charge in [0.25, 0.3) is 0 Å². The lowest BCUT2D eigenvalue weighted by molar-refractivity contribution is -0.133. The predicted molar refractivity (Wildman–Crippen MR) is 89.3 cm³/mol. The van der Waals surface area contributed by atoms with E-state index < -0.39 is 36.5 Å². The SMILES string of the molecule is O=C(OC[C@H]1O[C@H](O)C(O)C1OC(=O)c1ccccc1)c1ccccc1. The van der Waals surface area contributed by atoms with Crippen LogP contribution in [0.25, 0.3) is 0 Å². The van der Waals surface area contributed by atoms with E-state index in [1.807, 2.05) is 0 Å². The minimum absolute atomic E-state index is 0.283. The zero-order valence-electron chi connectivity index (χ0n) is 13.7. The van der Waals surface area contributed by atoms with Gasteiger partial charge in [-0.25, -0.2) is 9.59 Å². The minimum atomic E-state index is -1.54. The lowest BCUT2D eigenvalue weighted by Crippen LogP contribution is -2.39. The van der Waals surface area contributed by atoms with E-state index in [9.17, 15) is 19.8 Å². The van der Waals surface area contributed by atoms with Crippen LogP contribution < -0.4 is 0 Å². The quantitative estimate of drug-likeness (QED) is 0.773. The van der Waals surface area contributed by atoms with Crippen molar-refractivity contribution in [3.8, 4) is 0 Å². The summed E-state index contributed by atoms with van der Waals surface area (Å²) in [6.07, 6.45) is -5.13. The number of aliphatic hydroxyl groups excluding tert-OH is 2. The van der Waals surface area contributed by atoms with Gasteiger partial charge in [0.1, 0.15) is 18.8 Å². The molecule has 2 unspecified atom stereocenters. The molecular weight excluding hydrogens is 340 g/mol. The van der Waals surface area contributed by atoms with Crippen LogP contribution in [0.3, 0.4) is 0 Å². The van der Waals surface area contributed by atoms with Crippen molar-refractivity contribution < 1.29 is 34.0 Å². The summed E-state index contributed by atoms with van der Waals surface area (Å²) in [5.41, 5.74) is 0.644. The number of hydrogen-bond donors (Lipinski definition) is 2. The maximum Gasteiger partial charge on any atom is 0.338 e. The molecule has 26 heavy (non-hydrogen) atoms. The van der Waals surface area contributed by atoms with Crippen molar-refractivity contribution >= 4 is 11.9 Å². The summed E-state index contributed by atoms with van der Waals surface area (Å²) in [4.78, 5) is 24.2. The third-order valence-corrected chi connectivity index (χ3v) is 3.95. The Balaban J connectivity index is 1.63. The molecule has 136 valence electrons. The van der Waals surface area contributed by atoms with E-state index >= 15 is 0 Å². The molecule has 1 aliphatic heterocycles. The van der Waals surface area contributed by atoms with E-state index in [1.165, 1.54) is 0 Å². The maximum absolute atomic E-state index is 12.2. The Morgan fingerprint density at radius 2 is 1.42 bits per heavy atom. The molecule has 0 radical (unpaired) electrons. The van der Waals surface area contributed by atoms with Crippen molar-refractivity contribution in [2.24, 2.45) is 0 Å². The van der Waals surface area contributed by atoms with Crippen LogP contribution in [0.2, 0.25) is 0 Å². The van der Waals surface area contributed by atoms with Gasteiger partial charge in [-0.3, -0.25) is 0 Å². The zero-order valence-corrected chi connectivity index (χ0v) is 13.7. The van der Waals surface area contributed by atoms with Crippen LogP contribution in [0.1, 0.15) is 20.7 Å². The van der Waals surface area contributed by atoms with Gasteiger partial charge >= 0.3 is 11.9 Å². The second kappa shape index (κ2) is 8.09. The first kappa shape index (κ1) is 18.1. The Kier molecular flexibility index (Phi) is 5.62. The van der Waals surface area contributed by atoms with Crippen molar-refractivity contribution in [3.63, 3.8) is 0 Å². The van der Waals surface area contributed by atoms with Gasteiger partial charge in [0.2, 0.25) is 0 Å². The van der Waals surface area contributed by atoms with Crippen molar-refractivity contribution in [2.75, 3.05) is 6.61 Å². The predicted octanol–water partition coefficient (Wildman–Crippen LogP) is 1.15. The number of ether oxygens (including phenoxy) is 3. The first-order valence-corrected chi connectivity index (χ1v) is 8.06. The molecule has 7 heteroatoms. The van der Waals surface area contributed by atoms with Crippen molar-refractivity contribution in [3.05, 3.63) is 71.8 Å². The second-order valence-corrected chi connectivity index (χ2v) is 5.76. The first-order chi connectivity index (χ1) is 12.6. The van der Waals surface area contributed by atoms with E-state index in [1.54, 1.807) is 60.7 Å². The molecule has 2 N–H and O–H groups in total. The van der Waals surface area contributed by atoms with Crippen molar-refractivity contribution in [1.29, 1.82) is 0 Å². The van der Waals surface area contributed by atoms with Crippen LogP contribution in [0.15, 0.2) is 60.7 Å². The van der Waals surface area contributed by atoms with Crippen molar-refractivity contribution in [2.45, 2.75) is 24.6 Å². The Hall–Kier alpha value is -2.74. The van der Waals surface area contributed by atoms with Gasteiger partial charge in [0.15, 0.2) is 12.4 Å². The molecule has 0 bridgehead atoms. The molecular formula is C19H18O7. The van der Waals surface area contributed by atoms with Crippen molar-refractivity contribution in [1.82, 2.24) is 0 Å². The van der Waals surface area contributed by atoms with Gasteiger partial charge in [0, 0.05) is 0 Å². The Labute approximate surface area is 149 Å². The Morgan fingerprint density at radius 1 is 0.885 bits per heavy atom. The average molecular weight is 358 g/mol. The molecule has 0 amide bonds. The molecule has 2 aromatic carbocycles. The van der Waals surface area contributed by atoms with Crippen LogP contribution in [-0.4, -0.2) is 53.4 Å². The maximum atomic E-state index is 12.2. The fourth-order valence-corrected chi connectivity index (χ4v) is 2.58. The highest BCUT2D eigenvalue weighted by atomic mass is 16.7. The molecule has 4 atom stereocenters. The van der Waals surface area contributed by atoms with Crippen LogP contribution >= 0.6 is 0 Å². The summed E-state index contributed by atoms with van der Waals surface area (Å²) in [5.74, 6) is -1.26. The largest absolute Gasteiger partial charge is 0.459 e. The van der Waals surface area contributed by atoms with Gasteiger partial charge in [-0.05, 0) is 24.3 Å². The van der Waals surface area contributed by atoms with Gasteiger partial charge in [-0.15, -0.1) is 0 Å². The third kappa shape index (κ3) is 4.08. The van der Waals surface area contributed by atoms with Gasteiger partial charge < -0.3 is 24.4 Å². The number of hydrogen-bond acceptors (Lipinski definition) is 7. The Bertz CT molecular complexity index is 747. The first-order valence-electron chi connectivity index (χ1n) is 8.06. The highest BCUT2D eigenvalue weighted by Crippen LogP contribution is 2.24. The molecule has 2 aromatic rings. The van der Waals surface area contributed by atoms with Crippen LogP contribution in [-0.2, 0) is 14.2 Å². The molecule has 1 fully saturated rings. The average Bonchev–Trinajstić information content (AvgIpc) is 2.95. The minimum Gasteiger partial charge on any atom is -0.459 e.